The summed E-state index contributed by atoms with van der Waals surface area (Å²) in [5, 5.41) is 8.56. The van der Waals surface area contributed by atoms with Crippen molar-refractivity contribution in [3.63, 3.8) is 0 Å². The van der Waals surface area contributed by atoms with Gasteiger partial charge in [0.2, 0.25) is 0 Å². The lowest BCUT2D eigenvalue weighted by atomic mass is 10.1. The Morgan fingerprint density at radius 2 is 2.19 bits per heavy atom. The van der Waals surface area contributed by atoms with Crippen LogP contribution in [0.25, 0.3) is 5.82 Å². The fourth-order valence-electron chi connectivity index (χ4n) is 3.54. The van der Waals surface area contributed by atoms with Gasteiger partial charge >= 0.3 is 0 Å². The predicted octanol–water partition coefficient (Wildman–Crippen LogP) is 1.70. The van der Waals surface area contributed by atoms with Crippen molar-refractivity contribution in [3.8, 4) is 5.82 Å². The first-order chi connectivity index (χ1) is 12.6. The van der Waals surface area contributed by atoms with E-state index in [1.165, 1.54) is 0 Å². The third-order valence-corrected chi connectivity index (χ3v) is 5.05. The first-order valence-corrected chi connectivity index (χ1v) is 8.84. The molecule has 0 spiro atoms. The molecule has 1 aliphatic rings. The van der Waals surface area contributed by atoms with Crippen molar-refractivity contribution in [1.29, 1.82) is 0 Å². The van der Waals surface area contributed by atoms with E-state index in [-0.39, 0.29) is 11.6 Å². The molecule has 0 radical (unpaired) electrons. The quantitative estimate of drug-likeness (QED) is 0.694. The van der Waals surface area contributed by atoms with Gasteiger partial charge in [0.05, 0.1) is 12.2 Å². The number of aryl methyl sites for hydroxylation is 2. The number of aromatic nitrogens is 5. The first-order valence-electron chi connectivity index (χ1n) is 8.84. The molecule has 0 N–H and O–H groups in total. The van der Waals surface area contributed by atoms with E-state index < -0.39 is 0 Å². The van der Waals surface area contributed by atoms with Gasteiger partial charge in [0.25, 0.3) is 5.56 Å². The van der Waals surface area contributed by atoms with Gasteiger partial charge < -0.3 is 4.52 Å². The lowest BCUT2D eigenvalue weighted by Crippen LogP contribution is -2.37. The average Bonchev–Trinajstić information content (AvgIpc) is 3.36. The molecule has 3 aromatic heterocycles. The summed E-state index contributed by atoms with van der Waals surface area (Å²) in [7, 11) is 0. The Morgan fingerprint density at radius 1 is 1.31 bits per heavy atom. The number of likely N-dealkylation sites (tertiary alicyclic amines) is 1. The number of imidazole rings is 1. The third-order valence-electron chi connectivity index (χ3n) is 5.05. The van der Waals surface area contributed by atoms with Gasteiger partial charge in [-0.15, -0.1) is 0 Å². The van der Waals surface area contributed by atoms with Crippen LogP contribution in [0.15, 0.2) is 40.2 Å². The van der Waals surface area contributed by atoms with Crippen LogP contribution in [-0.4, -0.2) is 42.0 Å². The maximum Gasteiger partial charge on any atom is 0.266 e. The Labute approximate surface area is 151 Å². The van der Waals surface area contributed by atoms with Crippen molar-refractivity contribution < 1.29 is 4.52 Å². The fourth-order valence-corrected chi connectivity index (χ4v) is 3.54. The van der Waals surface area contributed by atoms with E-state index in [4.69, 9.17) is 4.52 Å². The molecule has 0 bridgehead atoms. The van der Waals surface area contributed by atoms with E-state index in [1.807, 2.05) is 20.0 Å². The molecule has 1 aliphatic heterocycles. The van der Waals surface area contributed by atoms with Gasteiger partial charge in [0.15, 0.2) is 5.82 Å². The molecule has 26 heavy (non-hydrogen) atoms. The predicted molar refractivity (Wildman–Crippen MR) is 95.0 cm³/mol. The molecule has 0 amide bonds. The second-order valence-electron chi connectivity index (χ2n) is 6.75. The summed E-state index contributed by atoms with van der Waals surface area (Å²) in [6.45, 7) is 6.29. The minimum absolute atomic E-state index is 0.0851. The molecule has 3 aromatic rings. The summed E-state index contributed by atoms with van der Waals surface area (Å²) in [6.07, 6.45) is 7.35. The van der Waals surface area contributed by atoms with E-state index in [9.17, 15) is 4.79 Å². The van der Waals surface area contributed by atoms with Gasteiger partial charge in [-0.05, 0) is 39.3 Å². The Morgan fingerprint density at radius 3 is 2.92 bits per heavy atom. The molecule has 1 fully saturated rings. The number of hydrogen-bond acceptors (Lipinski definition) is 6. The number of nitrogens with zero attached hydrogens (tertiary/aromatic N) is 6. The van der Waals surface area contributed by atoms with Crippen LogP contribution in [0.1, 0.15) is 29.9 Å². The largest absolute Gasteiger partial charge is 0.361 e. The van der Waals surface area contributed by atoms with Crippen LogP contribution in [-0.2, 0) is 13.1 Å². The Kier molecular flexibility index (Phi) is 4.42. The molecule has 136 valence electrons. The topological polar surface area (TPSA) is 82.0 Å². The van der Waals surface area contributed by atoms with Crippen LogP contribution in [0, 0.1) is 13.8 Å². The summed E-state index contributed by atoms with van der Waals surface area (Å²) >= 11 is 0. The third kappa shape index (κ3) is 3.20. The van der Waals surface area contributed by atoms with Crippen molar-refractivity contribution in [2.45, 2.75) is 45.8 Å². The molecule has 1 unspecified atom stereocenters. The van der Waals surface area contributed by atoms with Gasteiger partial charge in [-0.1, -0.05) is 5.16 Å². The highest BCUT2D eigenvalue weighted by Crippen LogP contribution is 2.23. The Bertz CT molecular complexity index is 923. The molecule has 8 heteroatoms. The second kappa shape index (κ2) is 6.87. The molecular formula is C18H22N6O2. The summed E-state index contributed by atoms with van der Waals surface area (Å²) in [5.74, 6) is 1.56. The summed E-state index contributed by atoms with van der Waals surface area (Å²) in [5.41, 5.74) is 1.99. The molecule has 4 heterocycles. The van der Waals surface area contributed by atoms with Crippen molar-refractivity contribution >= 4 is 0 Å². The van der Waals surface area contributed by atoms with E-state index in [0.717, 1.165) is 42.9 Å². The van der Waals surface area contributed by atoms with E-state index in [0.29, 0.717) is 12.4 Å². The van der Waals surface area contributed by atoms with Crippen LogP contribution < -0.4 is 5.56 Å². The maximum absolute atomic E-state index is 12.3. The second-order valence-corrected chi connectivity index (χ2v) is 6.75. The molecular weight excluding hydrogens is 332 g/mol. The van der Waals surface area contributed by atoms with Gasteiger partial charge in [-0.25, -0.2) is 9.67 Å². The maximum atomic E-state index is 12.3. The molecule has 0 aromatic carbocycles. The van der Waals surface area contributed by atoms with Gasteiger partial charge in [0, 0.05) is 36.6 Å². The SMILES string of the molecule is Cc1noc(C)c1CN1CCCC1Cn1nc(-n2ccnc2)ccc1=O. The number of rotatable bonds is 5. The lowest BCUT2D eigenvalue weighted by molar-refractivity contribution is 0.215. The zero-order valence-electron chi connectivity index (χ0n) is 15.0. The highest BCUT2D eigenvalue weighted by molar-refractivity contribution is 5.21. The first kappa shape index (κ1) is 16.7. The minimum atomic E-state index is -0.0851. The van der Waals surface area contributed by atoms with Crippen molar-refractivity contribution in [2.24, 2.45) is 0 Å². The van der Waals surface area contributed by atoms with Crippen LogP contribution in [0.2, 0.25) is 0 Å². The van der Waals surface area contributed by atoms with Crippen LogP contribution in [0.3, 0.4) is 0 Å². The van der Waals surface area contributed by atoms with Crippen molar-refractivity contribution in [2.75, 3.05) is 6.54 Å². The van der Waals surface area contributed by atoms with Gasteiger partial charge in [0.1, 0.15) is 12.1 Å². The number of hydrogen-bond donors (Lipinski definition) is 0. The summed E-state index contributed by atoms with van der Waals surface area (Å²) in [6, 6.07) is 3.55. The summed E-state index contributed by atoms with van der Waals surface area (Å²) < 4.78 is 8.64. The van der Waals surface area contributed by atoms with Gasteiger partial charge in [-0.2, -0.15) is 5.10 Å². The van der Waals surface area contributed by atoms with Crippen LogP contribution in [0.5, 0.6) is 0 Å². The minimum Gasteiger partial charge on any atom is -0.361 e. The smallest absolute Gasteiger partial charge is 0.266 e. The van der Waals surface area contributed by atoms with Crippen LogP contribution >= 0.6 is 0 Å². The van der Waals surface area contributed by atoms with Crippen molar-refractivity contribution in [3.05, 3.63) is 58.2 Å². The lowest BCUT2D eigenvalue weighted by Gasteiger charge is -2.24. The zero-order chi connectivity index (χ0) is 18.1. The van der Waals surface area contributed by atoms with Gasteiger partial charge in [-0.3, -0.25) is 14.3 Å². The van der Waals surface area contributed by atoms with E-state index in [2.05, 4.69) is 20.1 Å². The Hall–Kier alpha value is -2.74. The van der Waals surface area contributed by atoms with E-state index >= 15 is 0 Å². The molecule has 8 nitrogen and oxygen atoms in total. The highest BCUT2D eigenvalue weighted by atomic mass is 16.5. The fraction of sp³-hybridized carbons (Fsp3) is 0.444. The molecule has 0 aliphatic carbocycles. The van der Waals surface area contributed by atoms with Crippen molar-refractivity contribution in [1.82, 2.24) is 29.4 Å². The molecule has 4 rings (SSSR count). The standard InChI is InChI=1S/C18H22N6O2/c1-13-16(14(2)26-21-13)11-22-8-3-4-15(22)10-24-18(25)6-5-17(20-24)23-9-7-19-12-23/h5-7,9,12,15H,3-4,8,10-11H2,1-2H3. The van der Waals surface area contributed by atoms with E-state index in [1.54, 1.807) is 33.9 Å². The molecule has 1 saturated heterocycles. The monoisotopic (exact) mass is 354 g/mol. The zero-order valence-corrected chi connectivity index (χ0v) is 15.0. The molecule has 1 atom stereocenters. The normalized spacial score (nSPS) is 17.8. The highest BCUT2D eigenvalue weighted by Gasteiger charge is 2.27. The Balaban J connectivity index is 1.54. The molecule has 0 saturated carbocycles. The summed E-state index contributed by atoms with van der Waals surface area (Å²) in [4.78, 5) is 18.7. The van der Waals surface area contributed by atoms with Crippen LogP contribution in [0.4, 0.5) is 0 Å². The average molecular weight is 354 g/mol.